The summed E-state index contributed by atoms with van der Waals surface area (Å²) in [7, 11) is -4.13. The summed E-state index contributed by atoms with van der Waals surface area (Å²) in [6.07, 6.45) is 0.780. The summed E-state index contributed by atoms with van der Waals surface area (Å²) in [5.74, 6) is -1.30. The van der Waals surface area contributed by atoms with Crippen molar-refractivity contribution >= 4 is 39.3 Å². The van der Waals surface area contributed by atoms with Gasteiger partial charge in [-0.15, -0.1) is 0 Å². The van der Waals surface area contributed by atoms with Crippen LogP contribution in [0.1, 0.15) is 18.9 Å². The largest absolute Gasteiger partial charge is 0.480 e. The second-order valence-corrected chi connectivity index (χ2v) is 9.89. The van der Waals surface area contributed by atoms with Crippen LogP contribution in [0.5, 0.6) is 0 Å². The van der Waals surface area contributed by atoms with E-state index in [1.54, 1.807) is 24.3 Å². The minimum absolute atomic E-state index is 0.00746. The average Bonchev–Trinajstić information content (AvgIpc) is 2.83. The molecule has 0 aliphatic heterocycles. The fourth-order valence-corrected chi connectivity index (χ4v) is 5.06. The Morgan fingerprint density at radius 2 is 1.69 bits per heavy atom. The highest BCUT2D eigenvalue weighted by Crippen LogP contribution is 2.24. The molecule has 0 saturated heterocycles. The first-order valence-corrected chi connectivity index (χ1v) is 12.8. The van der Waals surface area contributed by atoms with E-state index < -0.39 is 22.0 Å². The minimum Gasteiger partial charge on any atom is -0.480 e. The number of anilines is 1. The molecule has 0 fully saturated rings. The number of carboxylic acids is 1. The lowest BCUT2D eigenvalue weighted by molar-refractivity contribution is -0.138. The van der Waals surface area contributed by atoms with Crippen LogP contribution in [0.15, 0.2) is 77.7 Å². The first-order valence-electron chi connectivity index (χ1n) is 10.9. The number of sulfonamides is 1. The van der Waals surface area contributed by atoms with Gasteiger partial charge in [0.25, 0.3) is 0 Å². The predicted octanol–water partition coefficient (Wildman–Crippen LogP) is 4.51. The van der Waals surface area contributed by atoms with Crippen LogP contribution in [0.25, 0.3) is 11.1 Å². The standard InChI is InChI=1S/C25H26ClN3O5S/c1-2-14-27-25(32)28-20-7-5-6-19(16-20)18-12-10-17(11-13-18)15-22(24(30)31)29-35(33,34)23-9-4-3-8-21(23)26/h3-13,16,22,29H,2,14-15H2,1H3,(H,30,31)(H2,27,28,32)/t22-/m1/s1. The number of amides is 2. The number of carboxylic acid groups (broad SMARTS) is 1. The lowest BCUT2D eigenvalue weighted by Crippen LogP contribution is -2.42. The summed E-state index contributed by atoms with van der Waals surface area (Å²) >= 11 is 5.98. The molecule has 8 nitrogen and oxygen atoms in total. The lowest BCUT2D eigenvalue weighted by atomic mass is 10.0. The first-order chi connectivity index (χ1) is 16.7. The van der Waals surface area contributed by atoms with Crippen LogP contribution in [0, 0.1) is 0 Å². The highest BCUT2D eigenvalue weighted by Gasteiger charge is 2.27. The van der Waals surface area contributed by atoms with Crippen molar-refractivity contribution in [3.63, 3.8) is 0 Å². The van der Waals surface area contributed by atoms with Gasteiger partial charge in [0.1, 0.15) is 10.9 Å². The van der Waals surface area contributed by atoms with Crippen LogP contribution in [0.2, 0.25) is 5.02 Å². The van der Waals surface area contributed by atoms with Crippen molar-refractivity contribution in [1.29, 1.82) is 0 Å². The number of urea groups is 1. The van der Waals surface area contributed by atoms with Crippen molar-refractivity contribution in [2.24, 2.45) is 0 Å². The van der Waals surface area contributed by atoms with Crippen LogP contribution in [0.4, 0.5) is 10.5 Å². The van der Waals surface area contributed by atoms with E-state index in [2.05, 4.69) is 15.4 Å². The van der Waals surface area contributed by atoms with E-state index in [4.69, 9.17) is 11.6 Å². The van der Waals surface area contributed by atoms with E-state index in [1.165, 1.54) is 18.2 Å². The highest BCUT2D eigenvalue weighted by molar-refractivity contribution is 7.89. The Labute approximate surface area is 209 Å². The average molecular weight is 516 g/mol. The van der Waals surface area contributed by atoms with Gasteiger partial charge in [-0.3, -0.25) is 4.79 Å². The number of benzene rings is 3. The van der Waals surface area contributed by atoms with E-state index in [9.17, 15) is 23.1 Å². The normalized spacial score (nSPS) is 12.1. The molecule has 3 aromatic rings. The highest BCUT2D eigenvalue weighted by atomic mass is 35.5. The van der Waals surface area contributed by atoms with Crippen LogP contribution in [-0.4, -0.2) is 38.1 Å². The number of carbonyl (C=O) groups is 2. The summed E-state index contributed by atoms with van der Waals surface area (Å²) in [6, 6.07) is 18.6. The number of rotatable bonds is 10. The van der Waals surface area contributed by atoms with Crippen molar-refractivity contribution in [3.8, 4) is 11.1 Å². The molecule has 1 atom stereocenters. The summed E-state index contributed by atoms with van der Waals surface area (Å²) in [5.41, 5.74) is 2.99. The van der Waals surface area contributed by atoms with Crippen LogP contribution in [0.3, 0.4) is 0 Å². The number of carbonyl (C=O) groups excluding carboxylic acids is 1. The molecule has 0 aromatic heterocycles. The number of hydrogen-bond acceptors (Lipinski definition) is 4. The zero-order valence-electron chi connectivity index (χ0n) is 19.0. The molecular weight excluding hydrogens is 490 g/mol. The lowest BCUT2D eigenvalue weighted by Gasteiger charge is -2.16. The van der Waals surface area contributed by atoms with Crippen molar-refractivity contribution in [1.82, 2.24) is 10.0 Å². The fourth-order valence-electron chi connectivity index (χ4n) is 3.35. The summed E-state index contributed by atoms with van der Waals surface area (Å²) in [5, 5.41) is 15.1. The molecular formula is C25H26ClN3O5S. The van der Waals surface area contributed by atoms with Gasteiger partial charge in [-0.05, 0) is 53.8 Å². The Bertz CT molecular complexity index is 1300. The summed E-state index contributed by atoms with van der Waals surface area (Å²) in [6.45, 7) is 2.55. The van der Waals surface area contributed by atoms with Gasteiger partial charge in [0.15, 0.2) is 0 Å². The van der Waals surface area contributed by atoms with Gasteiger partial charge in [-0.2, -0.15) is 4.72 Å². The molecule has 0 saturated carbocycles. The number of hydrogen-bond donors (Lipinski definition) is 4. The van der Waals surface area contributed by atoms with Crippen LogP contribution < -0.4 is 15.4 Å². The van der Waals surface area contributed by atoms with E-state index in [0.29, 0.717) is 17.8 Å². The molecule has 0 unspecified atom stereocenters. The quantitative estimate of drug-likeness (QED) is 0.316. The first kappa shape index (κ1) is 26.2. The molecule has 2 amide bonds. The molecule has 3 aromatic carbocycles. The van der Waals surface area contributed by atoms with Gasteiger partial charge in [-0.1, -0.05) is 67.1 Å². The molecule has 0 aliphatic carbocycles. The Hall–Kier alpha value is -3.40. The number of aliphatic carboxylic acids is 1. The molecule has 0 radical (unpaired) electrons. The van der Waals surface area contributed by atoms with Crippen LogP contribution >= 0.6 is 11.6 Å². The van der Waals surface area contributed by atoms with Gasteiger partial charge in [0.05, 0.1) is 5.02 Å². The second-order valence-electron chi connectivity index (χ2n) is 7.81. The van der Waals surface area contributed by atoms with E-state index in [0.717, 1.165) is 17.5 Å². The Balaban J connectivity index is 1.72. The SMILES string of the molecule is CCCNC(=O)Nc1cccc(-c2ccc(C[C@@H](NS(=O)(=O)c3ccccc3Cl)C(=O)O)cc2)c1. The third kappa shape index (κ3) is 7.29. The zero-order chi connectivity index (χ0) is 25.4. The maximum Gasteiger partial charge on any atom is 0.322 e. The predicted molar refractivity (Wildman–Crippen MR) is 136 cm³/mol. The third-order valence-electron chi connectivity index (χ3n) is 5.10. The molecule has 4 N–H and O–H groups in total. The smallest absolute Gasteiger partial charge is 0.322 e. The van der Waals surface area contributed by atoms with E-state index in [1.807, 2.05) is 37.3 Å². The van der Waals surface area contributed by atoms with Crippen molar-refractivity contribution in [2.45, 2.75) is 30.7 Å². The Morgan fingerprint density at radius 1 is 0.971 bits per heavy atom. The zero-order valence-corrected chi connectivity index (χ0v) is 20.6. The molecule has 10 heteroatoms. The molecule has 0 spiro atoms. The minimum atomic E-state index is -4.13. The topological polar surface area (TPSA) is 125 Å². The monoisotopic (exact) mass is 515 g/mol. The number of nitrogens with one attached hydrogen (secondary N) is 3. The number of halogens is 1. The fraction of sp³-hybridized carbons (Fsp3) is 0.200. The second kappa shape index (κ2) is 11.8. The molecule has 3 rings (SSSR count). The maximum atomic E-state index is 12.7. The molecule has 0 heterocycles. The maximum absolute atomic E-state index is 12.7. The van der Waals surface area contributed by atoms with E-state index in [-0.39, 0.29) is 22.4 Å². The van der Waals surface area contributed by atoms with Crippen molar-refractivity contribution < 1.29 is 23.1 Å². The van der Waals surface area contributed by atoms with Gasteiger partial charge >= 0.3 is 12.0 Å². The molecule has 0 bridgehead atoms. The Morgan fingerprint density at radius 3 is 2.34 bits per heavy atom. The van der Waals surface area contributed by atoms with Crippen LogP contribution in [-0.2, 0) is 21.2 Å². The van der Waals surface area contributed by atoms with Gasteiger partial charge in [-0.25, -0.2) is 13.2 Å². The van der Waals surface area contributed by atoms with Crippen molar-refractivity contribution in [2.75, 3.05) is 11.9 Å². The Kier molecular flexibility index (Phi) is 8.86. The molecule has 35 heavy (non-hydrogen) atoms. The van der Waals surface area contributed by atoms with Crippen molar-refractivity contribution in [3.05, 3.63) is 83.4 Å². The summed E-state index contributed by atoms with van der Waals surface area (Å²) < 4.78 is 27.6. The van der Waals surface area contributed by atoms with E-state index >= 15 is 0 Å². The van der Waals surface area contributed by atoms with Gasteiger partial charge < -0.3 is 15.7 Å². The molecule has 184 valence electrons. The van der Waals surface area contributed by atoms with Gasteiger partial charge in [0.2, 0.25) is 10.0 Å². The summed E-state index contributed by atoms with van der Waals surface area (Å²) in [4.78, 5) is 23.5. The molecule has 0 aliphatic rings. The third-order valence-corrected chi connectivity index (χ3v) is 7.08. The van der Waals surface area contributed by atoms with Gasteiger partial charge in [0, 0.05) is 12.2 Å².